The van der Waals surface area contributed by atoms with Crippen LogP contribution in [-0.4, -0.2) is 47.9 Å². The number of hydrogen-bond acceptors (Lipinski definition) is 4. The predicted molar refractivity (Wildman–Crippen MR) is 79.4 cm³/mol. The third-order valence-electron chi connectivity index (χ3n) is 3.88. The van der Waals surface area contributed by atoms with E-state index < -0.39 is 18.1 Å². The van der Waals surface area contributed by atoms with Crippen LogP contribution in [0.4, 0.5) is 4.79 Å². The summed E-state index contributed by atoms with van der Waals surface area (Å²) >= 11 is 0. The molecule has 2 unspecified atom stereocenters. The van der Waals surface area contributed by atoms with Crippen LogP contribution in [0, 0.1) is 0 Å². The van der Waals surface area contributed by atoms with Crippen LogP contribution in [0.3, 0.4) is 0 Å². The minimum absolute atomic E-state index is 0.0586. The zero-order chi connectivity index (χ0) is 15.9. The van der Waals surface area contributed by atoms with Crippen LogP contribution < -0.4 is 0 Å². The van der Waals surface area contributed by atoms with Crippen molar-refractivity contribution in [2.75, 3.05) is 13.7 Å². The lowest BCUT2D eigenvalue weighted by Gasteiger charge is -2.24. The first kappa shape index (κ1) is 16.3. The number of carbonyl (C=O) groups is 2. The van der Waals surface area contributed by atoms with Gasteiger partial charge in [0.2, 0.25) is 0 Å². The Morgan fingerprint density at radius 3 is 2.59 bits per heavy atom. The van der Waals surface area contributed by atoms with Crippen LogP contribution in [0.5, 0.6) is 0 Å². The molecule has 1 aromatic rings. The fourth-order valence-electron chi connectivity index (χ4n) is 2.65. The van der Waals surface area contributed by atoms with Gasteiger partial charge in [-0.2, -0.15) is 0 Å². The third-order valence-corrected chi connectivity index (χ3v) is 3.88. The van der Waals surface area contributed by atoms with Gasteiger partial charge in [0, 0.05) is 6.54 Å². The summed E-state index contributed by atoms with van der Waals surface area (Å²) in [4.78, 5) is 24.2. The van der Waals surface area contributed by atoms with Gasteiger partial charge in [0.1, 0.15) is 6.04 Å². The topological polar surface area (TPSA) is 76.1 Å². The Balaban J connectivity index is 1.94. The summed E-state index contributed by atoms with van der Waals surface area (Å²) in [6, 6.07) is 9.07. The Morgan fingerprint density at radius 2 is 1.95 bits per heavy atom. The lowest BCUT2D eigenvalue weighted by atomic mass is 10.1. The van der Waals surface area contributed by atoms with E-state index in [1.807, 2.05) is 30.3 Å². The zero-order valence-corrected chi connectivity index (χ0v) is 12.6. The fourth-order valence-corrected chi connectivity index (χ4v) is 2.65. The highest BCUT2D eigenvalue weighted by atomic mass is 16.5. The van der Waals surface area contributed by atoms with E-state index in [-0.39, 0.29) is 12.6 Å². The molecule has 1 saturated heterocycles. The highest BCUT2D eigenvalue weighted by Gasteiger charge is 2.34. The van der Waals surface area contributed by atoms with Crippen molar-refractivity contribution in [2.24, 2.45) is 0 Å². The molecule has 1 fully saturated rings. The average Bonchev–Trinajstić information content (AvgIpc) is 2.76. The van der Waals surface area contributed by atoms with Gasteiger partial charge >= 0.3 is 12.1 Å². The van der Waals surface area contributed by atoms with Gasteiger partial charge in [-0.15, -0.1) is 0 Å². The third kappa shape index (κ3) is 4.21. The monoisotopic (exact) mass is 307 g/mol. The van der Waals surface area contributed by atoms with Crippen molar-refractivity contribution in [3.05, 3.63) is 35.9 Å². The van der Waals surface area contributed by atoms with Crippen LogP contribution >= 0.6 is 0 Å². The Morgan fingerprint density at radius 1 is 1.23 bits per heavy atom. The Labute approximate surface area is 129 Å². The summed E-state index contributed by atoms with van der Waals surface area (Å²) < 4.78 is 10.6. The molecule has 1 aliphatic heterocycles. The van der Waals surface area contributed by atoms with Crippen LogP contribution in [-0.2, 0) is 20.9 Å². The van der Waals surface area contributed by atoms with Gasteiger partial charge < -0.3 is 14.6 Å². The van der Waals surface area contributed by atoms with Gasteiger partial charge in [0.05, 0.1) is 19.8 Å². The number of carboxylic acid groups (broad SMARTS) is 1. The Hall–Kier alpha value is -2.08. The average molecular weight is 307 g/mol. The standard InChI is InChI=1S/C16H21NO5/c1-21-15(18)14-8-7-13(9-10-17(14)16(19)20)22-11-12-5-3-2-4-6-12/h2-6,13-14H,7-11H2,1H3,(H,19,20). The van der Waals surface area contributed by atoms with Crippen molar-refractivity contribution < 1.29 is 24.2 Å². The van der Waals surface area contributed by atoms with Gasteiger partial charge in [-0.1, -0.05) is 30.3 Å². The van der Waals surface area contributed by atoms with Crippen LogP contribution in [0.25, 0.3) is 0 Å². The number of ether oxygens (including phenoxy) is 2. The summed E-state index contributed by atoms with van der Waals surface area (Å²) in [5, 5.41) is 9.25. The molecule has 0 radical (unpaired) electrons. The molecular weight excluding hydrogens is 286 g/mol. The molecule has 1 aromatic carbocycles. The minimum Gasteiger partial charge on any atom is -0.467 e. The molecule has 22 heavy (non-hydrogen) atoms. The van der Waals surface area contributed by atoms with E-state index in [0.717, 1.165) is 10.5 Å². The van der Waals surface area contributed by atoms with Crippen molar-refractivity contribution in [1.29, 1.82) is 0 Å². The molecule has 1 N–H and O–H groups in total. The summed E-state index contributed by atoms with van der Waals surface area (Å²) in [5.74, 6) is -0.508. The SMILES string of the molecule is COC(=O)C1CCC(OCc2ccccc2)CCN1C(=O)O. The molecular formula is C16H21NO5. The van der Waals surface area contributed by atoms with Crippen molar-refractivity contribution in [1.82, 2.24) is 4.90 Å². The van der Waals surface area contributed by atoms with Gasteiger partial charge in [0.25, 0.3) is 0 Å². The van der Waals surface area contributed by atoms with Crippen LogP contribution in [0.2, 0.25) is 0 Å². The lowest BCUT2D eigenvalue weighted by molar-refractivity contribution is -0.146. The van der Waals surface area contributed by atoms with E-state index in [1.165, 1.54) is 7.11 Å². The highest BCUT2D eigenvalue weighted by Crippen LogP contribution is 2.21. The molecule has 0 spiro atoms. The maximum atomic E-state index is 11.8. The molecule has 6 nitrogen and oxygen atoms in total. The molecule has 2 atom stereocenters. The second-order valence-corrected chi connectivity index (χ2v) is 5.30. The maximum absolute atomic E-state index is 11.8. The van der Waals surface area contributed by atoms with E-state index >= 15 is 0 Å². The number of rotatable bonds is 4. The second-order valence-electron chi connectivity index (χ2n) is 5.30. The molecule has 0 bridgehead atoms. The van der Waals surface area contributed by atoms with Crippen molar-refractivity contribution in [3.8, 4) is 0 Å². The predicted octanol–water partition coefficient (Wildman–Crippen LogP) is 2.28. The lowest BCUT2D eigenvalue weighted by Crippen LogP contribution is -2.44. The molecule has 2 rings (SSSR count). The number of benzene rings is 1. The number of methoxy groups -OCH3 is 1. The largest absolute Gasteiger partial charge is 0.467 e. The molecule has 0 saturated carbocycles. The molecule has 1 heterocycles. The number of esters is 1. The minimum atomic E-state index is -1.10. The molecule has 120 valence electrons. The van der Waals surface area contributed by atoms with Crippen molar-refractivity contribution >= 4 is 12.1 Å². The smallest absolute Gasteiger partial charge is 0.408 e. The summed E-state index contributed by atoms with van der Waals surface area (Å²) in [6.45, 7) is 0.760. The molecule has 0 aliphatic carbocycles. The van der Waals surface area contributed by atoms with Gasteiger partial charge in [0.15, 0.2) is 0 Å². The number of nitrogens with zero attached hydrogens (tertiary/aromatic N) is 1. The van der Waals surface area contributed by atoms with E-state index in [1.54, 1.807) is 0 Å². The maximum Gasteiger partial charge on any atom is 0.408 e. The molecule has 0 aromatic heterocycles. The number of amides is 1. The Kier molecular flexibility index (Phi) is 5.77. The first-order chi connectivity index (χ1) is 10.6. The fraction of sp³-hybridized carbons (Fsp3) is 0.500. The van der Waals surface area contributed by atoms with Crippen LogP contribution in [0.15, 0.2) is 30.3 Å². The molecule has 1 amide bonds. The second kappa shape index (κ2) is 7.79. The highest BCUT2D eigenvalue weighted by molar-refractivity contribution is 5.80. The quantitative estimate of drug-likeness (QED) is 0.864. The van der Waals surface area contributed by atoms with E-state index in [0.29, 0.717) is 25.9 Å². The van der Waals surface area contributed by atoms with Gasteiger partial charge in [-0.05, 0) is 24.8 Å². The van der Waals surface area contributed by atoms with Crippen molar-refractivity contribution in [3.63, 3.8) is 0 Å². The zero-order valence-electron chi connectivity index (χ0n) is 12.6. The molecule has 6 heteroatoms. The van der Waals surface area contributed by atoms with E-state index in [9.17, 15) is 14.7 Å². The van der Waals surface area contributed by atoms with E-state index in [2.05, 4.69) is 0 Å². The molecule has 1 aliphatic rings. The first-order valence-electron chi connectivity index (χ1n) is 7.34. The summed E-state index contributed by atoms with van der Waals surface area (Å²) in [7, 11) is 1.27. The van der Waals surface area contributed by atoms with Gasteiger partial charge in [-0.3, -0.25) is 4.90 Å². The number of carbonyl (C=O) groups excluding carboxylic acids is 1. The first-order valence-corrected chi connectivity index (χ1v) is 7.34. The van der Waals surface area contributed by atoms with E-state index in [4.69, 9.17) is 9.47 Å². The summed E-state index contributed by atoms with van der Waals surface area (Å²) in [6.07, 6.45) is 0.470. The van der Waals surface area contributed by atoms with Crippen LogP contribution in [0.1, 0.15) is 24.8 Å². The normalized spacial score (nSPS) is 22.0. The van der Waals surface area contributed by atoms with Crippen molar-refractivity contribution in [2.45, 2.75) is 38.0 Å². The van der Waals surface area contributed by atoms with Gasteiger partial charge in [-0.25, -0.2) is 9.59 Å². The summed E-state index contributed by atoms with van der Waals surface area (Å²) in [5.41, 5.74) is 1.08. The Bertz CT molecular complexity index is 505. The number of likely N-dealkylation sites (tertiary alicyclic amines) is 1. The number of hydrogen-bond donors (Lipinski definition) is 1.